The van der Waals surface area contributed by atoms with Crippen LogP contribution in [0.2, 0.25) is 0 Å². The second-order valence-corrected chi connectivity index (χ2v) is 7.02. The van der Waals surface area contributed by atoms with Gasteiger partial charge < -0.3 is 5.73 Å². The third kappa shape index (κ3) is 4.06. The molecule has 2 fully saturated rings. The van der Waals surface area contributed by atoms with Crippen LogP contribution in [0.25, 0.3) is 0 Å². The topological polar surface area (TPSA) is 75.4 Å². The number of nitrogens with two attached hydrogens (primary N) is 1. The summed E-state index contributed by atoms with van der Waals surface area (Å²) in [5, 5.41) is 0. The smallest absolute Gasteiger partial charge is 0.279 e. The Kier molecular flexibility index (Phi) is 5.86. The van der Waals surface area contributed by atoms with E-state index in [1.54, 1.807) is 4.31 Å². The van der Waals surface area contributed by atoms with E-state index in [0.717, 1.165) is 32.1 Å². The maximum atomic E-state index is 12.1. The van der Waals surface area contributed by atoms with Gasteiger partial charge in [0.25, 0.3) is 10.2 Å². The van der Waals surface area contributed by atoms with E-state index in [9.17, 15) is 8.42 Å². The van der Waals surface area contributed by atoms with Gasteiger partial charge in [-0.2, -0.15) is 12.7 Å². The summed E-state index contributed by atoms with van der Waals surface area (Å²) in [6.45, 7) is 2.98. The van der Waals surface area contributed by atoms with Gasteiger partial charge in [0.2, 0.25) is 0 Å². The van der Waals surface area contributed by atoms with Crippen LogP contribution in [-0.4, -0.2) is 37.9 Å². The molecular formula is C11H24ClN3O2S. The lowest BCUT2D eigenvalue weighted by molar-refractivity contribution is 0.265. The van der Waals surface area contributed by atoms with E-state index in [-0.39, 0.29) is 24.5 Å². The molecule has 0 spiro atoms. The first-order valence-electron chi connectivity index (χ1n) is 6.53. The lowest BCUT2D eigenvalue weighted by Gasteiger charge is -2.32. The monoisotopic (exact) mass is 297 g/mol. The average Bonchev–Trinajstić information content (AvgIpc) is 3.10. The van der Waals surface area contributed by atoms with Crippen LogP contribution >= 0.6 is 12.4 Å². The molecule has 0 amide bonds. The van der Waals surface area contributed by atoms with Crippen molar-refractivity contribution in [2.75, 3.05) is 13.1 Å². The highest BCUT2D eigenvalue weighted by molar-refractivity contribution is 7.87. The zero-order valence-corrected chi connectivity index (χ0v) is 12.5. The van der Waals surface area contributed by atoms with Crippen LogP contribution < -0.4 is 10.5 Å². The van der Waals surface area contributed by atoms with Crippen LogP contribution in [0.4, 0.5) is 0 Å². The molecular weight excluding hydrogens is 274 g/mol. The zero-order chi connectivity index (χ0) is 12.5. The molecule has 0 aromatic rings. The third-order valence-corrected chi connectivity index (χ3v) is 5.47. The number of hydrogen-bond donors (Lipinski definition) is 2. The molecule has 5 nitrogen and oxygen atoms in total. The fourth-order valence-corrected chi connectivity index (χ4v) is 3.92. The Morgan fingerprint density at radius 2 is 2.00 bits per heavy atom. The van der Waals surface area contributed by atoms with E-state index in [1.165, 1.54) is 0 Å². The molecule has 2 unspecified atom stereocenters. The predicted molar refractivity (Wildman–Crippen MR) is 74.9 cm³/mol. The quantitative estimate of drug-likeness (QED) is 0.790. The standard InChI is InChI=1S/C11H23N3O2S.ClH/c1-9-4-2-3-7-14(9)17(15,16)13-8-11(12)10-5-6-10;/h9-11,13H,2-8,12H2,1H3;1H. The summed E-state index contributed by atoms with van der Waals surface area (Å²) in [4.78, 5) is 0. The highest BCUT2D eigenvalue weighted by atomic mass is 35.5. The summed E-state index contributed by atoms with van der Waals surface area (Å²) in [6, 6.07) is 0.0864. The second kappa shape index (κ2) is 6.52. The van der Waals surface area contributed by atoms with Gasteiger partial charge in [0.15, 0.2) is 0 Å². The minimum absolute atomic E-state index is 0. The number of rotatable bonds is 5. The Morgan fingerprint density at radius 3 is 2.56 bits per heavy atom. The zero-order valence-electron chi connectivity index (χ0n) is 10.8. The van der Waals surface area contributed by atoms with Crippen molar-refractivity contribution >= 4 is 22.6 Å². The van der Waals surface area contributed by atoms with Gasteiger partial charge in [-0.25, -0.2) is 4.72 Å². The SMILES string of the molecule is CC1CCCCN1S(=O)(=O)NCC(N)C1CC1.Cl. The maximum Gasteiger partial charge on any atom is 0.279 e. The van der Waals surface area contributed by atoms with Crippen molar-refractivity contribution in [2.24, 2.45) is 11.7 Å². The van der Waals surface area contributed by atoms with Crippen LogP contribution in [0, 0.1) is 5.92 Å². The highest BCUT2D eigenvalue weighted by Crippen LogP contribution is 2.31. The lowest BCUT2D eigenvalue weighted by atomic mass is 10.1. The molecule has 18 heavy (non-hydrogen) atoms. The van der Waals surface area contributed by atoms with Crippen molar-refractivity contribution in [3.63, 3.8) is 0 Å². The van der Waals surface area contributed by atoms with E-state index in [0.29, 0.717) is 19.0 Å². The van der Waals surface area contributed by atoms with Crippen LogP contribution in [0.3, 0.4) is 0 Å². The van der Waals surface area contributed by atoms with Crippen LogP contribution in [0.5, 0.6) is 0 Å². The first-order valence-corrected chi connectivity index (χ1v) is 7.97. The van der Waals surface area contributed by atoms with Crippen molar-refractivity contribution in [3.8, 4) is 0 Å². The van der Waals surface area contributed by atoms with Gasteiger partial charge in [-0.3, -0.25) is 0 Å². The van der Waals surface area contributed by atoms with E-state index < -0.39 is 10.2 Å². The summed E-state index contributed by atoms with van der Waals surface area (Å²) in [6.07, 6.45) is 5.32. The number of nitrogens with one attached hydrogen (secondary N) is 1. The Bertz CT molecular complexity index is 359. The Labute approximate surface area is 116 Å². The molecule has 1 saturated carbocycles. The molecule has 2 rings (SSSR count). The molecule has 0 bridgehead atoms. The molecule has 1 aliphatic carbocycles. The van der Waals surface area contributed by atoms with E-state index >= 15 is 0 Å². The molecule has 2 aliphatic rings. The predicted octanol–water partition coefficient (Wildman–Crippen LogP) is 0.854. The number of hydrogen-bond acceptors (Lipinski definition) is 3. The normalized spacial score (nSPS) is 27.6. The van der Waals surface area contributed by atoms with Crippen LogP contribution in [0.15, 0.2) is 0 Å². The Morgan fingerprint density at radius 1 is 1.33 bits per heavy atom. The van der Waals surface area contributed by atoms with E-state index in [2.05, 4.69) is 4.72 Å². The molecule has 0 aromatic carbocycles. The molecule has 1 heterocycles. The average molecular weight is 298 g/mol. The fraction of sp³-hybridized carbons (Fsp3) is 1.00. The first kappa shape index (κ1) is 16.2. The third-order valence-electron chi connectivity index (χ3n) is 3.78. The fourth-order valence-electron chi connectivity index (χ4n) is 2.40. The molecule has 108 valence electrons. The molecule has 1 aliphatic heterocycles. The largest absolute Gasteiger partial charge is 0.326 e. The molecule has 0 aromatic heterocycles. The minimum Gasteiger partial charge on any atom is -0.326 e. The second-order valence-electron chi connectivity index (χ2n) is 5.31. The molecule has 2 atom stereocenters. The summed E-state index contributed by atoms with van der Waals surface area (Å²) >= 11 is 0. The van der Waals surface area contributed by atoms with Crippen LogP contribution in [-0.2, 0) is 10.2 Å². The Balaban J connectivity index is 0.00000162. The van der Waals surface area contributed by atoms with Gasteiger partial charge in [0.1, 0.15) is 0 Å². The lowest BCUT2D eigenvalue weighted by Crippen LogP contribution is -2.50. The van der Waals surface area contributed by atoms with E-state index in [4.69, 9.17) is 5.73 Å². The summed E-state index contributed by atoms with van der Waals surface area (Å²) in [5.74, 6) is 0.525. The summed E-state index contributed by atoms with van der Waals surface area (Å²) in [5.41, 5.74) is 5.90. The first-order chi connectivity index (χ1) is 8.00. The number of nitrogens with zero attached hydrogens (tertiary/aromatic N) is 1. The minimum atomic E-state index is -3.33. The number of piperidine rings is 1. The molecule has 0 radical (unpaired) electrons. The van der Waals surface area contributed by atoms with Gasteiger partial charge >= 0.3 is 0 Å². The highest BCUT2D eigenvalue weighted by Gasteiger charge is 2.32. The van der Waals surface area contributed by atoms with E-state index in [1.807, 2.05) is 6.92 Å². The van der Waals surface area contributed by atoms with Gasteiger partial charge in [-0.05, 0) is 38.5 Å². The molecule has 1 saturated heterocycles. The van der Waals surface area contributed by atoms with Crippen molar-refractivity contribution in [2.45, 2.75) is 51.1 Å². The van der Waals surface area contributed by atoms with Gasteiger partial charge in [0, 0.05) is 25.2 Å². The Hall–Kier alpha value is 0.120. The molecule has 3 N–H and O–H groups in total. The summed E-state index contributed by atoms with van der Waals surface area (Å²) < 4.78 is 28.4. The van der Waals surface area contributed by atoms with Gasteiger partial charge in [0.05, 0.1) is 0 Å². The molecule has 7 heteroatoms. The maximum absolute atomic E-state index is 12.1. The van der Waals surface area contributed by atoms with Crippen molar-refractivity contribution in [3.05, 3.63) is 0 Å². The van der Waals surface area contributed by atoms with Crippen molar-refractivity contribution in [1.29, 1.82) is 0 Å². The van der Waals surface area contributed by atoms with Crippen molar-refractivity contribution < 1.29 is 8.42 Å². The van der Waals surface area contributed by atoms with Crippen LogP contribution in [0.1, 0.15) is 39.0 Å². The van der Waals surface area contributed by atoms with Gasteiger partial charge in [-0.1, -0.05) is 6.42 Å². The van der Waals surface area contributed by atoms with Crippen molar-refractivity contribution in [1.82, 2.24) is 9.03 Å². The van der Waals surface area contributed by atoms with Gasteiger partial charge in [-0.15, -0.1) is 12.4 Å². The summed E-state index contributed by atoms with van der Waals surface area (Å²) in [7, 11) is -3.33. The number of halogens is 1.